The van der Waals surface area contributed by atoms with Crippen LogP contribution >= 0.6 is 0 Å². The average Bonchev–Trinajstić information content (AvgIpc) is 3.37. The molecule has 0 aromatic heterocycles. The molecule has 1 aromatic carbocycles. The quantitative estimate of drug-likeness (QED) is 0.925. The third-order valence-corrected chi connectivity index (χ3v) is 5.37. The van der Waals surface area contributed by atoms with Gasteiger partial charge in [-0.2, -0.15) is 0 Å². The van der Waals surface area contributed by atoms with E-state index in [1.807, 2.05) is 0 Å². The van der Waals surface area contributed by atoms with Gasteiger partial charge in [-0.3, -0.25) is 0 Å². The molecule has 1 saturated carbocycles. The first kappa shape index (κ1) is 14.5. The molecule has 0 amide bonds. The lowest BCUT2D eigenvalue weighted by Gasteiger charge is -2.24. The van der Waals surface area contributed by atoms with Crippen molar-refractivity contribution in [2.45, 2.75) is 44.6 Å². The molecule has 1 aromatic rings. The first-order chi connectivity index (χ1) is 10.9. The number of fused-ring (bicyclic) bond motifs is 1. The first-order valence-corrected chi connectivity index (χ1v) is 9.08. The number of hydrogen-bond acceptors (Lipinski definition) is 3. The minimum atomic E-state index is 0.399. The van der Waals surface area contributed by atoms with Crippen molar-refractivity contribution in [3.8, 4) is 5.75 Å². The summed E-state index contributed by atoms with van der Waals surface area (Å²) in [4.78, 5) is 2.67. The van der Waals surface area contributed by atoms with Gasteiger partial charge >= 0.3 is 0 Å². The maximum absolute atomic E-state index is 6.21. The number of piperidine rings is 1. The van der Waals surface area contributed by atoms with E-state index >= 15 is 0 Å². The Morgan fingerprint density at radius 1 is 1.00 bits per heavy atom. The van der Waals surface area contributed by atoms with Crippen molar-refractivity contribution in [3.05, 3.63) is 29.3 Å². The first-order valence-electron chi connectivity index (χ1n) is 9.08. The maximum atomic E-state index is 6.21. The second kappa shape index (κ2) is 6.59. The minimum Gasteiger partial charge on any atom is -0.490 e. The fourth-order valence-electron chi connectivity index (χ4n) is 3.78. The molecular formula is C19H28N2O. The van der Waals surface area contributed by atoms with Crippen molar-refractivity contribution in [2.24, 2.45) is 5.92 Å². The zero-order chi connectivity index (χ0) is 14.8. The molecule has 0 spiro atoms. The number of hydrogen-bond donors (Lipinski definition) is 1. The van der Waals surface area contributed by atoms with Crippen molar-refractivity contribution in [3.63, 3.8) is 0 Å². The topological polar surface area (TPSA) is 24.5 Å². The summed E-state index contributed by atoms with van der Waals surface area (Å²) in [6, 6.07) is 6.82. The van der Waals surface area contributed by atoms with Crippen LogP contribution in [0.25, 0.3) is 0 Å². The Morgan fingerprint density at radius 3 is 2.55 bits per heavy atom. The molecule has 0 radical (unpaired) electrons. The van der Waals surface area contributed by atoms with E-state index in [-0.39, 0.29) is 0 Å². The lowest BCUT2D eigenvalue weighted by Crippen LogP contribution is -2.34. The maximum Gasteiger partial charge on any atom is 0.120 e. The highest BCUT2D eigenvalue weighted by Crippen LogP contribution is 2.31. The third-order valence-electron chi connectivity index (χ3n) is 5.37. The van der Waals surface area contributed by atoms with E-state index < -0.39 is 0 Å². The molecule has 0 unspecified atom stereocenters. The third kappa shape index (κ3) is 3.64. The highest BCUT2D eigenvalue weighted by molar-refractivity contribution is 5.37. The zero-order valence-electron chi connectivity index (χ0n) is 13.5. The van der Waals surface area contributed by atoms with Gasteiger partial charge in [0.05, 0.1) is 0 Å². The summed E-state index contributed by atoms with van der Waals surface area (Å²) in [7, 11) is 0. The van der Waals surface area contributed by atoms with E-state index in [0.717, 1.165) is 37.6 Å². The number of rotatable bonds is 4. The molecule has 120 valence electrons. The number of ether oxygens (including phenoxy) is 1. The molecule has 0 bridgehead atoms. The van der Waals surface area contributed by atoms with Crippen LogP contribution in [0.15, 0.2) is 18.2 Å². The summed E-state index contributed by atoms with van der Waals surface area (Å²) >= 11 is 0. The monoisotopic (exact) mass is 300 g/mol. The molecule has 1 aliphatic carbocycles. The number of nitrogens with one attached hydrogen (secondary N) is 1. The van der Waals surface area contributed by atoms with E-state index in [4.69, 9.17) is 4.74 Å². The zero-order valence-corrected chi connectivity index (χ0v) is 13.5. The summed E-state index contributed by atoms with van der Waals surface area (Å²) < 4.78 is 6.21. The smallest absolute Gasteiger partial charge is 0.120 e. The molecule has 1 N–H and O–H groups in total. The van der Waals surface area contributed by atoms with Crippen LogP contribution in [-0.2, 0) is 12.8 Å². The predicted octanol–water partition coefficient (Wildman–Crippen LogP) is 2.63. The fourth-order valence-corrected chi connectivity index (χ4v) is 3.78. The Balaban J connectivity index is 1.39. The Morgan fingerprint density at radius 2 is 1.77 bits per heavy atom. The van der Waals surface area contributed by atoms with Crippen molar-refractivity contribution in [1.29, 1.82) is 0 Å². The Hall–Kier alpha value is -1.06. The van der Waals surface area contributed by atoms with Crippen molar-refractivity contribution < 1.29 is 4.74 Å². The molecule has 1 saturated heterocycles. The number of benzene rings is 1. The van der Waals surface area contributed by atoms with Crippen LogP contribution in [0.1, 0.15) is 36.8 Å². The van der Waals surface area contributed by atoms with Crippen molar-refractivity contribution >= 4 is 0 Å². The van der Waals surface area contributed by atoms with Crippen molar-refractivity contribution in [2.75, 3.05) is 32.7 Å². The van der Waals surface area contributed by atoms with Gasteiger partial charge in [-0.15, -0.1) is 0 Å². The molecule has 4 rings (SSSR count). The predicted molar refractivity (Wildman–Crippen MR) is 89.5 cm³/mol. The standard InChI is InChI=1S/C19H28N2O/c1-2-15(1)14-21-11-7-16-3-4-19(13-17(16)8-12-21)22-18-5-9-20-10-6-18/h3-4,13,15,18,20H,1-2,5-12,14H2. The normalized spacial score (nSPS) is 23.8. The van der Waals surface area contributed by atoms with E-state index in [1.54, 1.807) is 0 Å². The fraction of sp³-hybridized carbons (Fsp3) is 0.684. The van der Waals surface area contributed by atoms with Crippen LogP contribution in [0.5, 0.6) is 5.75 Å². The second-order valence-corrected chi connectivity index (χ2v) is 7.24. The van der Waals surface area contributed by atoms with Gasteiger partial charge in [0.15, 0.2) is 0 Å². The van der Waals surface area contributed by atoms with Crippen LogP contribution in [-0.4, -0.2) is 43.7 Å². The largest absolute Gasteiger partial charge is 0.490 e. The van der Waals surface area contributed by atoms with Crippen LogP contribution < -0.4 is 10.1 Å². The summed E-state index contributed by atoms with van der Waals surface area (Å²) in [6.07, 6.45) is 7.96. The van der Waals surface area contributed by atoms with Gasteiger partial charge in [0.1, 0.15) is 11.9 Å². The summed E-state index contributed by atoms with van der Waals surface area (Å²) in [5.41, 5.74) is 3.06. The van der Waals surface area contributed by atoms with Crippen molar-refractivity contribution in [1.82, 2.24) is 10.2 Å². The molecule has 22 heavy (non-hydrogen) atoms. The highest BCUT2D eigenvalue weighted by Gasteiger charge is 2.25. The molecule has 0 atom stereocenters. The van der Waals surface area contributed by atoms with E-state index in [0.29, 0.717) is 6.10 Å². The SMILES string of the molecule is c1cc2c(cc1OC1CCNCC1)CCN(CC1CC1)CC2. The lowest BCUT2D eigenvalue weighted by molar-refractivity contribution is 0.162. The van der Waals surface area contributed by atoms with Gasteiger partial charge in [0.2, 0.25) is 0 Å². The van der Waals surface area contributed by atoms with Crippen LogP contribution in [0.4, 0.5) is 0 Å². The molecular weight excluding hydrogens is 272 g/mol. The van der Waals surface area contributed by atoms with Crippen LogP contribution in [0.3, 0.4) is 0 Å². The van der Waals surface area contributed by atoms with Gasteiger partial charge in [0, 0.05) is 19.6 Å². The summed E-state index contributed by atoms with van der Waals surface area (Å²) in [5, 5.41) is 3.40. The summed E-state index contributed by atoms with van der Waals surface area (Å²) in [6.45, 7) is 5.96. The Bertz CT molecular complexity index is 506. The van der Waals surface area contributed by atoms with Gasteiger partial charge < -0.3 is 15.0 Å². The van der Waals surface area contributed by atoms with Crippen LogP contribution in [0, 0.1) is 5.92 Å². The van der Waals surface area contributed by atoms with E-state index in [1.165, 1.54) is 56.4 Å². The Labute approximate surface area is 134 Å². The number of nitrogens with zero attached hydrogens (tertiary/aromatic N) is 1. The summed E-state index contributed by atoms with van der Waals surface area (Å²) in [5.74, 6) is 2.08. The molecule has 3 nitrogen and oxygen atoms in total. The molecule has 2 heterocycles. The van der Waals surface area contributed by atoms with Gasteiger partial charge in [-0.25, -0.2) is 0 Å². The lowest BCUT2D eigenvalue weighted by atomic mass is 10.0. The average molecular weight is 300 g/mol. The van der Waals surface area contributed by atoms with Gasteiger partial charge in [-0.1, -0.05) is 6.07 Å². The minimum absolute atomic E-state index is 0.399. The molecule has 3 aliphatic rings. The van der Waals surface area contributed by atoms with Crippen LogP contribution in [0.2, 0.25) is 0 Å². The Kier molecular flexibility index (Phi) is 4.35. The van der Waals surface area contributed by atoms with E-state index in [9.17, 15) is 0 Å². The molecule has 2 fully saturated rings. The molecule has 3 heteroatoms. The van der Waals surface area contributed by atoms with E-state index in [2.05, 4.69) is 28.4 Å². The second-order valence-electron chi connectivity index (χ2n) is 7.24. The van der Waals surface area contributed by atoms with Gasteiger partial charge in [0.25, 0.3) is 0 Å². The van der Waals surface area contributed by atoms with Gasteiger partial charge in [-0.05, 0) is 80.8 Å². The molecule has 2 aliphatic heterocycles. The highest BCUT2D eigenvalue weighted by atomic mass is 16.5.